The van der Waals surface area contributed by atoms with Gasteiger partial charge in [-0.15, -0.1) is 0 Å². The Kier molecular flexibility index (Phi) is 5.26. The Morgan fingerprint density at radius 1 is 1.43 bits per heavy atom. The maximum Gasteiger partial charge on any atom is 0.433 e. The summed E-state index contributed by atoms with van der Waals surface area (Å²) < 4.78 is 74.3. The molecule has 4 nitrogen and oxygen atoms in total. The van der Waals surface area contributed by atoms with Crippen molar-refractivity contribution in [1.29, 1.82) is 0 Å². The molecular formula is C11H11F5N2O2S. The summed E-state index contributed by atoms with van der Waals surface area (Å²) in [5.74, 6) is -1.68. The number of nitrogens with one attached hydrogen (secondary N) is 1. The Morgan fingerprint density at radius 3 is 2.48 bits per heavy atom. The number of rotatable bonds is 4. The fourth-order valence-corrected chi connectivity index (χ4v) is 2.34. The molecule has 21 heavy (non-hydrogen) atoms. The zero-order chi connectivity index (χ0) is 16.3. The predicted molar refractivity (Wildman–Crippen MR) is 67.2 cm³/mol. The van der Waals surface area contributed by atoms with Crippen molar-refractivity contribution in [2.24, 2.45) is 0 Å². The molecule has 118 valence electrons. The van der Waals surface area contributed by atoms with Gasteiger partial charge in [-0.05, 0) is 17.0 Å². The first-order chi connectivity index (χ1) is 9.51. The minimum atomic E-state index is -4.56. The number of pyridine rings is 1. The fraction of sp³-hybridized carbons (Fsp3) is 0.364. The number of alkyl halides is 5. The van der Waals surface area contributed by atoms with E-state index in [0.717, 1.165) is 30.0 Å². The average Bonchev–Trinajstić information content (AvgIpc) is 2.35. The van der Waals surface area contributed by atoms with Gasteiger partial charge in [0.1, 0.15) is 5.69 Å². The molecule has 0 aliphatic rings. The highest BCUT2D eigenvalue weighted by Crippen LogP contribution is 2.27. The normalized spacial score (nSPS) is 14.6. The monoisotopic (exact) mass is 330 g/mol. The van der Waals surface area contributed by atoms with Gasteiger partial charge in [-0.25, -0.2) is 4.21 Å². The number of hydrogen-bond donors (Lipinski definition) is 1. The lowest BCUT2D eigenvalue weighted by atomic mass is 10.2. The second kappa shape index (κ2) is 6.37. The highest BCUT2D eigenvalue weighted by atomic mass is 32.2. The lowest BCUT2D eigenvalue weighted by molar-refractivity contribution is -0.141. The average molecular weight is 330 g/mol. The quantitative estimate of drug-likeness (QED) is 0.675. The highest BCUT2D eigenvalue weighted by molar-refractivity contribution is 7.99. The summed E-state index contributed by atoms with van der Waals surface area (Å²) in [4.78, 5) is 13.9. The molecule has 1 unspecified atom stereocenters. The van der Waals surface area contributed by atoms with Gasteiger partial charge in [-0.1, -0.05) is 6.07 Å². The Balaban J connectivity index is 2.80. The summed E-state index contributed by atoms with van der Waals surface area (Å²) in [6.07, 6.45) is -5.99. The van der Waals surface area contributed by atoms with Crippen LogP contribution in [0, 0.1) is 0 Å². The number of aromatic nitrogens is 1. The lowest BCUT2D eigenvalue weighted by Gasteiger charge is -2.08. The molecule has 0 fully saturated rings. The number of amides is 1. The first-order valence-electron chi connectivity index (χ1n) is 5.45. The summed E-state index contributed by atoms with van der Waals surface area (Å²) >= 11 is 0. The van der Waals surface area contributed by atoms with E-state index in [2.05, 4.69) is 4.98 Å². The van der Waals surface area contributed by atoms with Crippen molar-refractivity contribution in [3.8, 4) is 0 Å². The third-order valence-corrected chi connectivity index (χ3v) is 3.66. The molecule has 0 saturated heterocycles. The van der Waals surface area contributed by atoms with E-state index < -0.39 is 33.9 Å². The summed E-state index contributed by atoms with van der Waals surface area (Å²) in [6.45, 7) is 0. The first kappa shape index (κ1) is 17.3. The van der Waals surface area contributed by atoms with Crippen LogP contribution in [-0.4, -0.2) is 33.1 Å². The van der Waals surface area contributed by atoms with Crippen LogP contribution in [0.3, 0.4) is 0 Å². The van der Waals surface area contributed by atoms with E-state index in [9.17, 15) is 31.0 Å². The zero-order valence-electron chi connectivity index (χ0n) is 10.7. The van der Waals surface area contributed by atoms with Crippen molar-refractivity contribution in [2.75, 3.05) is 6.26 Å². The number of carbonyl (C=O) groups excluding carboxylic acids is 1. The molecule has 1 heterocycles. The van der Waals surface area contributed by atoms with Crippen molar-refractivity contribution in [2.45, 2.75) is 19.0 Å². The third-order valence-electron chi connectivity index (χ3n) is 2.25. The molecule has 0 aliphatic heterocycles. The van der Waals surface area contributed by atoms with Crippen molar-refractivity contribution < 1.29 is 31.0 Å². The van der Waals surface area contributed by atoms with Gasteiger partial charge >= 0.3 is 12.6 Å². The minimum Gasteiger partial charge on any atom is -0.278 e. The molecule has 0 saturated carbocycles. The maximum atomic E-state index is 12.3. The first-order valence-corrected chi connectivity index (χ1v) is 7.48. The smallest absolute Gasteiger partial charge is 0.278 e. The molecule has 10 heteroatoms. The van der Waals surface area contributed by atoms with Gasteiger partial charge in [0.2, 0.25) is 0 Å². The van der Waals surface area contributed by atoms with Gasteiger partial charge in [0, 0.05) is 28.6 Å². The van der Waals surface area contributed by atoms with Crippen molar-refractivity contribution in [1.82, 2.24) is 9.71 Å². The zero-order valence-corrected chi connectivity index (χ0v) is 11.5. The largest absolute Gasteiger partial charge is 0.433 e. The van der Waals surface area contributed by atoms with Crippen LogP contribution in [0.15, 0.2) is 18.3 Å². The van der Waals surface area contributed by atoms with Gasteiger partial charge in [0.15, 0.2) is 0 Å². The van der Waals surface area contributed by atoms with Gasteiger partial charge in [0.25, 0.3) is 5.91 Å². The lowest BCUT2D eigenvalue weighted by Crippen LogP contribution is -2.35. The van der Waals surface area contributed by atoms with Gasteiger partial charge in [-0.2, -0.15) is 22.0 Å². The molecule has 0 aliphatic carbocycles. The number of halogens is 5. The van der Waals surface area contributed by atoms with Crippen LogP contribution in [0.2, 0.25) is 0 Å². The molecule has 1 aromatic heterocycles. The molecule has 1 atom stereocenters. The predicted octanol–water partition coefficient (Wildman–Crippen LogP) is 1.66. The number of hydrogen-bond acceptors (Lipinski definition) is 3. The number of carbonyl (C=O) groups is 1. The van der Waals surface area contributed by atoms with Crippen LogP contribution in [0.5, 0.6) is 0 Å². The molecule has 1 aromatic rings. The Morgan fingerprint density at radius 2 is 2.05 bits per heavy atom. The van der Waals surface area contributed by atoms with Crippen LogP contribution in [-0.2, 0) is 27.1 Å². The van der Waals surface area contributed by atoms with Crippen LogP contribution >= 0.6 is 0 Å². The molecule has 1 N–H and O–H groups in total. The van der Waals surface area contributed by atoms with E-state index in [0.29, 0.717) is 5.56 Å². The fourth-order valence-electron chi connectivity index (χ4n) is 1.25. The summed E-state index contributed by atoms with van der Waals surface area (Å²) in [7, 11) is -3.17. The van der Waals surface area contributed by atoms with E-state index in [1.54, 1.807) is 4.72 Å². The molecule has 1 rings (SSSR count). The van der Waals surface area contributed by atoms with E-state index in [4.69, 9.17) is 0 Å². The Hall–Kier alpha value is -1.71. The Labute approximate surface area is 117 Å². The van der Waals surface area contributed by atoms with Crippen molar-refractivity contribution in [3.63, 3.8) is 0 Å². The van der Waals surface area contributed by atoms with Crippen molar-refractivity contribution in [3.05, 3.63) is 29.6 Å². The second-order valence-electron chi connectivity index (χ2n) is 4.09. The van der Waals surface area contributed by atoms with Gasteiger partial charge < -0.3 is 0 Å². The number of nitrogens with zero attached hydrogens (tertiary/aromatic N) is 1. The molecule has 0 spiro atoms. The van der Waals surface area contributed by atoms with Crippen molar-refractivity contribution >= 4 is 21.0 Å². The SMILES string of the molecule is CS(=O)(=CCc1ccc(C(F)(F)F)nc1)NC(=O)C(F)F. The molecule has 1 amide bonds. The third kappa shape index (κ3) is 5.66. The van der Waals surface area contributed by atoms with E-state index >= 15 is 0 Å². The van der Waals surface area contributed by atoms with E-state index in [1.165, 1.54) is 0 Å². The standard InChI is InChI=1S/C11H11F5N2O2S/c1-21(20,18-10(19)9(12)13)5-4-7-2-3-8(17-6-7)11(14,15)16/h2-3,5-6,9H,4H2,1H3,(H,18,19,20). The summed E-state index contributed by atoms with van der Waals surface area (Å²) in [6, 6.07) is 1.87. The van der Waals surface area contributed by atoms with E-state index in [1.807, 2.05) is 0 Å². The van der Waals surface area contributed by atoms with Crippen LogP contribution < -0.4 is 4.72 Å². The van der Waals surface area contributed by atoms with Gasteiger partial charge in [-0.3, -0.25) is 14.5 Å². The van der Waals surface area contributed by atoms with Crippen LogP contribution in [0.1, 0.15) is 11.3 Å². The summed E-state index contributed by atoms with van der Waals surface area (Å²) in [5, 5.41) is 1.04. The Bertz CT molecular complexity index is 618. The summed E-state index contributed by atoms with van der Waals surface area (Å²) in [5.41, 5.74) is -0.779. The highest BCUT2D eigenvalue weighted by Gasteiger charge is 2.31. The molecule has 0 bridgehead atoms. The maximum absolute atomic E-state index is 12.3. The topological polar surface area (TPSA) is 59.1 Å². The molecule has 0 aromatic carbocycles. The van der Waals surface area contributed by atoms with Gasteiger partial charge in [0.05, 0.1) is 0 Å². The second-order valence-corrected chi connectivity index (χ2v) is 6.44. The van der Waals surface area contributed by atoms with E-state index in [-0.39, 0.29) is 6.42 Å². The minimum absolute atomic E-state index is 0.0933. The molecule has 0 radical (unpaired) electrons. The molecular weight excluding hydrogens is 319 g/mol. The van der Waals surface area contributed by atoms with Crippen LogP contribution in [0.25, 0.3) is 0 Å². The van der Waals surface area contributed by atoms with Crippen LogP contribution in [0.4, 0.5) is 22.0 Å².